The molecule has 1 aromatic rings. The molecular formula is C9H9BrN2. The van der Waals surface area contributed by atoms with Gasteiger partial charge in [-0.15, -0.1) is 0 Å². The van der Waals surface area contributed by atoms with Crippen LogP contribution < -0.4 is 0 Å². The van der Waals surface area contributed by atoms with Crippen molar-refractivity contribution in [2.45, 2.75) is 20.3 Å². The summed E-state index contributed by atoms with van der Waals surface area (Å²) in [4.78, 5) is 4.26. The van der Waals surface area contributed by atoms with E-state index in [1.54, 1.807) is 0 Å². The van der Waals surface area contributed by atoms with E-state index in [4.69, 9.17) is 5.26 Å². The molecule has 1 rings (SSSR count). The maximum Gasteiger partial charge on any atom is 0.110 e. The summed E-state index contributed by atoms with van der Waals surface area (Å²) in [5, 5.41) is 8.51. The van der Waals surface area contributed by atoms with Crippen LogP contribution in [0.1, 0.15) is 16.8 Å². The van der Waals surface area contributed by atoms with Crippen molar-refractivity contribution in [3.05, 3.63) is 27.5 Å². The van der Waals surface area contributed by atoms with Crippen molar-refractivity contribution in [3.8, 4) is 6.07 Å². The van der Waals surface area contributed by atoms with Crippen molar-refractivity contribution < 1.29 is 0 Å². The zero-order valence-corrected chi connectivity index (χ0v) is 8.64. The lowest BCUT2D eigenvalue weighted by Gasteiger charge is -2.03. The zero-order chi connectivity index (χ0) is 9.14. The first-order chi connectivity index (χ1) is 5.65. The number of hydrogen-bond acceptors (Lipinski definition) is 2. The van der Waals surface area contributed by atoms with E-state index in [2.05, 4.69) is 27.0 Å². The Morgan fingerprint density at radius 1 is 1.58 bits per heavy atom. The molecule has 1 heterocycles. The zero-order valence-electron chi connectivity index (χ0n) is 7.06. The smallest absolute Gasteiger partial charge is 0.110 e. The summed E-state index contributed by atoms with van der Waals surface area (Å²) in [6.45, 7) is 3.95. The topological polar surface area (TPSA) is 36.7 Å². The second-order valence-corrected chi connectivity index (χ2v) is 3.43. The first kappa shape index (κ1) is 9.21. The number of aromatic nitrogens is 1. The van der Waals surface area contributed by atoms with Crippen LogP contribution in [0.25, 0.3) is 0 Å². The van der Waals surface area contributed by atoms with Crippen LogP contribution in [0.3, 0.4) is 0 Å². The molecule has 0 fully saturated rings. The average Bonchev–Trinajstić information content (AvgIpc) is 2.01. The fraction of sp³-hybridized carbons (Fsp3) is 0.333. The van der Waals surface area contributed by atoms with Crippen LogP contribution in [-0.2, 0) is 6.42 Å². The molecule has 0 radical (unpaired) electrons. The van der Waals surface area contributed by atoms with Crippen LogP contribution in [0.15, 0.2) is 10.7 Å². The molecular weight excluding hydrogens is 216 g/mol. The van der Waals surface area contributed by atoms with Crippen molar-refractivity contribution in [1.29, 1.82) is 5.26 Å². The summed E-state index contributed by atoms with van der Waals surface area (Å²) in [5.74, 6) is 0. The van der Waals surface area contributed by atoms with E-state index in [9.17, 15) is 0 Å². The summed E-state index contributed by atoms with van der Waals surface area (Å²) >= 11 is 3.32. The van der Waals surface area contributed by atoms with Crippen molar-refractivity contribution >= 4 is 15.9 Å². The normalized spacial score (nSPS) is 9.50. The number of hydrogen-bond donors (Lipinski definition) is 0. The highest BCUT2D eigenvalue weighted by Crippen LogP contribution is 2.17. The van der Waals surface area contributed by atoms with Crippen molar-refractivity contribution in [2.24, 2.45) is 0 Å². The maximum atomic E-state index is 8.51. The predicted molar refractivity (Wildman–Crippen MR) is 50.7 cm³/mol. The highest BCUT2D eigenvalue weighted by molar-refractivity contribution is 9.10. The second kappa shape index (κ2) is 3.68. The van der Waals surface area contributed by atoms with Crippen LogP contribution in [0, 0.1) is 25.2 Å². The lowest BCUT2D eigenvalue weighted by Crippen LogP contribution is -1.93. The quantitative estimate of drug-likeness (QED) is 0.688. The van der Waals surface area contributed by atoms with Crippen LogP contribution in [0.2, 0.25) is 0 Å². The predicted octanol–water partition coefficient (Wildman–Crippen LogP) is 2.53. The molecule has 0 aromatic carbocycles. The summed E-state index contributed by atoms with van der Waals surface area (Å²) < 4.78 is 0.784. The molecule has 0 atom stereocenters. The first-order valence-corrected chi connectivity index (χ1v) is 4.44. The lowest BCUT2D eigenvalue weighted by molar-refractivity contribution is 1.07. The second-order valence-electron chi connectivity index (χ2n) is 2.68. The summed E-state index contributed by atoms with van der Waals surface area (Å²) in [7, 11) is 0. The number of halogens is 1. The van der Waals surface area contributed by atoms with Gasteiger partial charge in [0.2, 0.25) is 0 Å². The molecule has 62 valence electrons. The number of pyridine rings is 1. The summed E-state index contributed by atoms with van der Waals surface area (Å²) in [6, 6.07) is 4.10. The minimum Gasteiger partial charge on any atom is -0.246 e. The summed E-state index contributed by atoms with van der Waals surface area (Å²) in [6.07, 6.45) is 0.411. The third-order valence-electron chi connectivity index (χ3n) is 1.76. The van der Waals surface area contributed by atoms with Gasteiger partial charge < -0.3 is 0 Å². The molecule has 2 nitrogen and oxygen atoms in total. The highest BCUT2D eigenvalue weighted by atomic mass is 79.9. The van der Waals surface area contributed by atoms with E-state index >= 15 is 0 Å². The Hall–Kier alpha value is -0.880. The number of nitriles is 1. The molecule has 0 saturated carbocycles. The van der Waals surface area contributed by atoms with Crippen molar-refractivity contribution in [2.75, 3.05) is 0 Å². The highest BCUT2D eigenvalue weighted by Gasteiger charge is 2.03. The monoisotopic (exact) mass is 224 g/mol. The van der Waals surface area contributed by atoms with Gasteiger partial charge in [0.25, 0.3) is 0 Å². The van der Waals surface area contributed by atoms with E-state index in [1.807, 2.05) is 19.9 Å². The van der Waals surface area contributed by atoms with Gasteiger partial charge in [-0.1, -0.05) is 6.07 Å². The molecule has 12 heavy (non-hydrogen) atoms. The van der Waals surface area contributed by atoms with Crippen LogP contribution >= 0.6 is 15.9 Å². The molecule has 0 aliphatic rings. The average molecular weight is 225 g/mol. The molecule has 3 heteroatoms. The minimum atomic E-state index is 0.411. The molecule has 0 spiro atoms. The molecule has 0 aliphatic heterocycles. The Labute approximate surface area is 80.4 Å². The number of nitrogens with zero attached hydrogens (tertiary/aromatic N) is 2. The van der Waals surface area contributed by atoms with Gasteiger partial charge in [0.05, 0.1) is 12.5 Å². The van der Waals surface area contributed by atoms with E-state index in [0.29, 0.717) is 6.42 Å². The third-order valence-corrected chi connectivity index (χ3v) is 2.45. The first-order valence-electron chi connectivity index (χ1n) is 3.64. The minimum absolute atomic E-state index is 0.411. The Bertz CT molecular complexity index is 339. The Morgan fingerprint density at radius 2 is 2.25 bits per heavy atom. The van der Waals surface area contributed by atoms with Crippen LogP contribution in [0.5, 0.6) is 0 Å². The van der Waals surface area contributed by atoms with Crippen LogP contribution in [-0.4, -0.2) is 4.98 Å². The molecule has 1 aromatic heterocycles. The van der Waals surface area contributed by atoms with Gasteiger partial charge in [0, 0.05) is 5.69 Å². The lowest BCUT2D eigenvalue weighted by atomic mass is 10.1. The standard InChI is InChI=1S/C9H9BrN2/c1-6-5-8(3-4-11)9(10)12-7(6)2/h5H,3H2,1-2H3. The number of rotatable bonds is 1. The fourth-order valence-corrected chi connectivity index (χ4v) is 1.46. The fourth-order valence-electron chi connectivity index (χ4n) is 0.942. The van der Waals surface area contributed by atoms with E-state index in [1.165, 1.54) is 0 Å². The molecule has 0 aliphatic carbocycles. The van der Waals surface area contributed by atoms with Gasteiger partial charge >= 0.3 is 0 Å². The molecule has 0 bridgehead atoms. The van der Waals surface area contributed by atoms with Crippen LogP contribution in [0.4, 0.5) is 0 Å². The van der Waals surface area contributed by atoms with Crippen molar-refractivity contribution in [1.82, 2.24) is 4.98 Å². The SMILES string of the molecule is Cc1cc(CC#N)c(Br)nc1C. The van der Waals surface area contributed by atoms with Gasteiger partial charge in [-0.05, 0) is 40.9 Å². The van der Waals surface area contributed by atoms with Gasteiger partial charge in [0.15, 0.2) is 0 Å². The third kappa shape index (κ3) is 1.83. The van der Waals surface area contributed by atoms with E-state index < -0.39 is 0 Å². The van der Waals surface area contributed by atoms with Gasteiger partial charge in [-0.3, -0.25) is 0 Å². The van der Waals surface area contributed by atoms with Gasteiger partial charge in [-0.2, -0.15) is 5.26 Å². The van der Waals surface area contributed by atoms with E-state index in [-0.39, 0.29) is 0 Å². The van der Waals surface area contributed by atoms with Gasteiger partial charge in [-0.25, -0.2) is 4.98 Å². The van der Waals surface area contributed by atoms with Crippen molar-refractivity contribution in [3.63, 3.8) is 0 Å². The summed E-state index contributed by atoms with van der Waals surface area (Å²) in [5.41, 5.74) is 3.09. The number of aryl methyl sites for hydroxylation is 2. The Morgan fingerprint density at radius 3 is 2.83 bits per heavy atom. The molecule has 0 amide bonds. The Balaban J connectivity index is 3.16. The molecule has 0 saturated heterocycles. The molecule has 0 N–H and O–H groups in total. The Kier molecular flexibility index (Phi) is 2.83. The maximum absolute atomic E-state index is 8.51. The van der Waals surface area contributed by atoms with Gasteiger partial charge in [0.1, 0.15) is 4.60 Å². The molecule has 0 unspecified atom stereocenters. The van der Waals surface area contributed by atoms with E-state index in [0.717, 1.165) is 21.4 Å². The largest absolute Gasteiger partial charge is 0.246 e.